The monoisotopic (exact) mass is 459 g/mol. The van der Waals surface area contributed by atoms with Crippen LogP contribution in [-0.4, -0.2) is 47.0 Å². The van der Waals surface area contributed by atoms with Crippen molar-refractivity contribution in [2.45, 2.75) is 12.6 Å². The first-order chi connectivity index (χ1) is 15.8. The number of benzene rings is 1. The minimum atomic E-state index is -4.44. The van der Waals surface area contributed by atoms with Crippen molar-refractivity contribution in [3.05, 3.63) is 77.9 Å². The van der Waals surface area contributed by atoms with Crippen molar-refractivity contribution in [2.24, 2.45) is 0 Å². The zero-order valence-electron chi connectivity index (χ0n) is 17.5. The van der Waals surface area contributed by atoms with Crippen molar-refractivity contribution < 1.29 is 22.4 Å². The summed E-state index contributed by atoms with van der Waals surface area (Å²) in [6.07, 6.45) is -1.49. The number of halogens is 4. The number of para-hydroxylation sites is 1. The number of nitrogens with zero attached hydrogens (tertiary/aromatic N) is 4. The third-order valence-corrected chi connectivity index (χ3v) is 5.35. The molecule has 33 heavy (non-hydrogen) atoms. The Kier molecular flexibility index (Phi) is 6.43. The van der Waals surface area contributed by atoms with Gasteiger partial charge in [-0.05, 0) is 42.8 Å². The maximum Gasteiger partial charge on any atom is 0.417 e. The van der Waals surface area contributed by atoms with E-state index in [9.17, 15) is 22.4 Å². The fourth-order valence-electron chi connectivity index (χ4n) is 3.63. The Balaban J connectivity index is 1.47. The van der Waals surface area contributed by atoms with Gasteiger partial charge in [-0.2, -0.15) is 13.2 Å². The molecule has 0 bridgehead atoms. The maximum absolute atomic E-state index is 14.1. The molecule has 172 valence electrons. The smallest absolute Gasteiger partial charge is 0.355 e. The second-order valence-corrected chi connectivity index (χ2v) is 7.54. The minimum Gasteiger partial charge on any atom is -0.355 e. The fourth-order valence-corrected chi connectivity index (χ4v) is 3.63. The minimum absolute atomic E-state index is 0.209. The van der Waals surface area contributed by atoms with E-state index in [0.29, 0.717) is 44.0 Å². The van der Waals surface area contributed by atoms with Gasteiger partial charge in [-0.15, -0.1) is 0 Å². The van der Waals surface area contributed by atoms with E-state index in [0.717, 1.165) is 12.3 Å². The fraction of sp³-hybridized carbons (Fsp3) is 0.261. The van der Waals surface area contributed by atoms with Crippen molar-refractivity contribution in [2.75, 3.05) is 36.4 Å². The molecule has 0 atom stereocenters. The molecular weight excluding hydrogens is 438 g/mol. The zero-order chi connectivity index (χ0) is 23.4. The number of anilines is 3. The largest absolute Gasteiger partial charge is 0.417 e. The summed E-state index contributed by atoms with van der Waals surface area (Å²) >= 11 is 0. The van der Waals surface area contributed by atoms with Crippen LogP contribution in [0.5, 0.6) is 0 Å². The van der Waals surface area contributed by atoms with E-state index in [4.69, 9.17) is 0 Å². The lowest BCUT2D eigenvalue weighted by Gasteiger charge is -2.23. The molecule has 3 heterocycles. The lowest BCUT2D eigenvalue weighted by Crippen LogP contribution is -2.35. The van der Waals surface area contributed by atoms with E-state index in [1.807, 2.05) is 4.90 Å². The molecule has 3 aromatic rings. The van der Waals surface area contributed by atoms with Crippen molar-refractivity contribution in [3.8, 4) is 0 Å². The SMILES string of the molecule is O=C(c1cccnc1Nc1ccccc1F)N1CCCN(c2ccc(C(F)(F)F)cn2)CC1. The van der Waals surface area contributed by atoms with Crippen LogP contribution in [0.25, 0.3) is 0 Å². The number of alkyl halides is 3. The summed E-state index contributed by atoms with van der Waals surface area (Å²) < 4.78 is 52.4. The van der Waals surface area contributed by atoms with Crippen molar-refractivity contribution in [3.63, 3.8) is 0 Å². The van der Waals surface area contributed by atoms with E-state index in [1.165, 1.54) is 18.3 Å². The number of amides is 1. The van der Waals surface area contributed by atoms with E-state index >= 15 is 0 Å². The number of hydrogen-bond donors (Lipinski definition) is 1. The highest BCUT2D eigenvalue weighted by Gasteiger charge is 2.31. The Morgan fingerprint density at radius 2 is 1.76 bits per heavy atom. The van der Waals surface area contributed by atoms with Gasteiger partial charge in [0, 0.05) is 38.6 Å². The highest BCUT2D eigenvalue weighted by Crippen LogP contribution is 2.29. The Hall–Kier alpha value is -3.69. The van der Waals surface area contributed by atoms with Crippen LogP contribution in [0.1, 0.15) is 22.3 Å². The quantitative estimate of drug-likeness (QED) is 0.572. The summed E-state index contributed by atoms with van der Waals surface area (Å²) in [5.74, 6) is -0.0427. The lowest BCUT2D eigenvalue weighted by atomic mass is 10.2. The first-order valence-corrected chi connectivity index (χ1v) is 10.4. The highest BCUT2D eigenvalue weighted by molar-refractivity contribution is 5.99. The Labute approximate surface area is 187 Å². The molecule has 1 saturated heterocycles. The van der Waals surface area contributed by atoms with Crippen molar-refractivity contribution in [1.82, 2.24) is 14.9 Å². The summed E-state index contributed by atoms with van der Waals surface area (Å²) in [4.78, 5) is 24.9. The number of pyridine rings is 2. The van der Waals surface area contributed by atoms with Crippen LogP contribution in [-0.2, 0) is 6.18 Å². The van der Waals surface area contributed by atoms with Crippen LogP contribution in [0, 0.1) is 5.82 Å². The van der Waals surface area contributed by atoms with Gasteiger partial charge in [-0.1, -0.05) is 12.1 Å². The third-order valence-electron chi connectivity index (χ3n) is 5.35. The molecule has 0 saturated carbocycles. The first kappa shape index (κ1) is 22.5. The van der Waals surface area contributed by atoms with Crippen LogP contribution < -0.4 is 10.2 Å². The molecule has 0 unspecified atom stereocenters. The molecule has 1 aliphatic rings. The van der Waals surface area contributed by atoms with Gasteiger partial charge < -0.3 is 15.1 Å². The average molecular weight is 459 g/mol. The molecule has 10 heteroatoms. The highest BCUT2D eigenvalue weighted by atomic mass is 19.4. The second kappa shape index (κ2) is 9.43. The molecule has 0 radical (unpaired) electrons. The summed E-state index contributed by atoms with van der Waals surface area (Å²) in [5, 5.41) is 2.88. The van der Waals surface area contributed by atoms with Gasteiger partial charge in [-0.3, -0.25) is 4.79 Å². The van der Waals surface area contributed by atoms with E-state index in [1.54, 1.807) is 35.2 Å². The Bertz CT molecular complexity index is 1120. The summed E-state index contributed by atoms with van der Waals surface area (Å²) in [5.41, 5.74) is -0.285. The standard InChI is InChI=1S/C23H21F4N5O/c24-18-6-1-2-7-19(18)30-21-17(5-3-10-28-21)22(33)32-12-4-11-31(13-14-32)20-9-8-16(15-29-20)23(25,26)27/h1-3,5-10,15H,4,11-14H2,(H,28,30). The molecule has 0 aliphatic carbocycles. The molecule has 2 aromatic heterocycles. The normalized spacial score (nSPS) is 14.7. The predicted molar refractivity (Wildman–Crippen MR) is 116 cm³/mol. The molecule has 1 fully saturated rings. The number of carbonyl (C=O) groups is 1. The van der Waals surface area contributed by atoms with E-state index in [-0.39, 0.29) is 17.4 Å². The van der Waals surface area contributed by atoms with Gasteiger partial charge in [0.2, 0.25) is 0 Å². The van der Waals surface area contributed by atoms with Crippen molar-refractivity contribution >= 4 is 23.2 Å². The molecule has 1 N–H and O–H groups in total. The predicted octanol–water partition coefficient (Wildman–Crippen LogP) is 4.73. The van der Waals surface area contributed by atoms with Crippen LogP contribution in [0.15, 0.2) is 60.9 Å². The van der Waals surface area contributed by atoms with Crippen LogP contribution in [0.2, 0.25) is 0 Å². The molecule has 6 nitrogen and oxygen atoms in total. The second-order valence-electron chi connectivity index (χ2n) is 7.54. The number of rotatable bonds is 4. The molecular formula is C23H21F4N5O. The summed E-state index contributed by atoms with van der Waals surface area (Å²) in [6.45, 7) is 1.79. The van der Waals surface area contributed by atoms with E-state index < -0.39 is 17.6 Å². The third kappa shape index (κ3) is 5.21. The topological polar surface area (TPSA) is 61.4 Å². The molecule has 1 amide bonds. The number of aromatic nitrogens is 2. The summed E-state index contributed by atoms with van der Waals surface area (Å²) in [7, 11) is 0. The first-order valence-electron chi connectivity index (χ1n) is 10.4. The average Bonchev–Trinajstić information content (AvgIpc) is 3.06. The molecule has 0 spiro atoms. The maximum atomic E-state index is 14.1. The summed E-state index contributed by atoms with van der Waals surface area (Å²) in [6, 6.07) is 11.7. The van der Waals surface area contributed by atoms with Gasteiger partial charge in [-0.25, -0.2) is 14.4 Å². The lowest BCUT2D eigenvalue weighted by molar-refractivity contribution is -0.137. The van der Waals surface area contributed by atoms with Crippen molar-refractivity contribution in [1.29, 1.82) is 0 Å². The Morgan fingerprint density at radius 1 is 0.939 bits per heavy atom. The molecule has 1 aliphatic heterocycles. The van der Waals surface area contributed by atoms with Gasteiger partial charge in [0.05, 0.1) is 16.8 Å². The van der Waals surface area contributed by atoms with Crippen LogP contribution >= 0.6 is 0 Å². The number of hydrogen-bond acceptors (Lipinski definition) is 5. The van der Waals surface area contributed by atoms with Gasteiger partial charge >= 0.3 is 6.18 Å². The number of carbonyl (C=O) groups excluding carboxylic acids is 1. The van der Waals surface area contributed by atoms with Gasteiger partial charge in [0.1, 0.15) is 17.5 Å². The van der Waals surface area contributed by atoms with E-state index in [2.05, 4.69) is 15.3 Å². The van der Waals surface area contributed by atoms with Gasteiger partial charge in [0.25, 0.3) is 5.91 Å². The number of nitrogens with one attached hydrogen (secondary N) is 1. The molecule has 4 rings (SSSR count). The zero-order valence-corrected chi connectivity index (χ0v) is 17.5. The molecule has 1 aromatic carbocycles. The van der Waals surface area contributed by atoms with Crippen LogP contribution in [0.3, 0.4) is 0 Å². The Morgan fingerprint density at radius 3 is 2.48 bits per heavy atom. The van der Waals surface area contributed by atoms with Gasteiger partial charge in [0.15, 0.2) is 0 Å². The van der Waals surface area contributed by atoms with Crippen LogP contribution in [0.4, 0.5) is 34.9 Å².